The molecule has 0 unspecified atom stereocenters. The largest absolute Gasteiger partial charge is 0.394 e. The van der Waals surface area contributed by atoms with Crippen LogP contribution in [0.2, 0.25) is 5.02 Å². The Hall–Kier alpha value is -2.05. The van der Waals surface area contributed by atoms with Gasteiger partial charge in [0.2, 0.25) is 0 Å². The molecule has 6 nitrogen and oxygen atoms in total. The highest BCUT2D eigenvalue weighted by Crippen LogP contribution is 2.24. The van der Waals surface area contributed by atoms with E-state index in [0.29, 0.717) is 29.8 Å². The van der Waals surface area contributed by atoms with Gasteiger partial charge in [-0.3, -0.25) is 5.32 Å². The van der Waals surface area contributed by atoms with Crippen molar-refractivity contribution in [1.82, 2.24) is 14.7 Å². The number of anilines is 1. The number of aromatic nitrogens is 2. The van der Waals surface area contributed by atoms with Gasteiger partial charge in [0.05, 0.1) is 25.4 Å². The van der Waals surface area contributed by atoms with Crippen molar-refractivity contribution in [3.63, 3.8) is 0 Å². The standard InChI is InChI=1S/C17H21ClN4O2/c1-12-7-9-21(15(12)11-23)17(24)20-16-6-8-19-22(16)10-13-2-4-14(18)5-3-13/h2-6,8,12,15,23H,7,9-11H2,1H3,(H,20,24)/t12-,15+/m0/s1. The van der Waals surface area contributed by atoms with E-state index in [1.54, 1.807) is 21.8 Å². The van der Waals surface area contributed by atoms with Crippen molar-refractivity contribution in [2.45, 2.75) is 25.9 Å². The third-order valence-electron chi connectivity index (χ3n) is 4.53. The zero-order valence-corrected chi connectivity index (χ0v) is 14.3. The maximum atomic E-state index is 12.5. The van der Waals surface area contributed by atoms with Crippen LogP contribution in [-0.2, 0) is 6.54 Å². The minimum Gasteiger partial charge on any atom is -0.394 e. The van der Waals surface area contributed by atoms with Crippen molar-refractivity contribution in [3.8, 4) is 0 Å². The number of amides is 2. The fourth-order valence-electron chi connectivity index (χ4n) is 3.05. The zero-order chi connectivity index (χ0) is 17.1. The summed E-state index contributed by atoms with van der Waals surface area (Å²) in [5.74, 6) is 0.936. The van der Waals surface area contributed by atoms with E-state index in [1.807, 2.05) is 24.3 Å². The van der Waals surface area contributed by atoms with Crippen LogP contribution < -0.4 is 5.32 Å². The first-order valence-corrected chi connectivity index (χ1v) is 8.41. The minimum absolute atomic E-state index is 0.0153. The fraction of sp³-hybridized carbons (Fsp3) is 0.412. The van der Waals surface area contributed by atoms with Crippen LogP contribution in [0.15, 0.2) is 36.5 Å². The van der Waals surface area contributed by atoms with Crippen LogP contribution in [0.25, 0.3) is 0 Å². The van der Waals surface area contributed by atoms with E-state index in [2.05, 4.69) is 17.3 Å². The zero-order valence-electron chi connectivity index (χ0n) is 13.5. The summed E-state index contributed by atoms with van der Waals surface area (Å²) >= 11 is 5.90. The van der Waals surface area contributed by atoms with E-state index < -0.39 is 0 Å². The number of nitrogens with one attached hydrogen (secondary N) is 1. The molecule has 3 rings (SSSR count). The Morgan fingerprint density at radius 2 is 2.12 bits per heavy atom. The van der Waals surface area contributed by atoms with Gasteiger partial charge >= 0.3 is 6.03 Å². The number of hydrogen-bond donors (Lipinski definition) is 2. The lowest BCUT2D eigenvalue weighted by atomic mass is 10.0. The molecule has 1 aromatic carbocycles. The number of aliphatic hydroxyl groups is 1. The van der Waals surface area contributed by atoms with Crippen molar-refractivity contribution in [2.75, 3.05) is 18.5 Å². The number of urea groups is 1. The molecule has 2 atom stereocenters. The van der Waals surface area contributed by atoms with Crippen LogP contribution in [0, 0.1) is 5.92 Å². The molecule has 0 aliphatic carbocycles. The van der Waals surface area contributed by atoms with E-state index in [4.69, 9.17) is 11.6 Å². The maximum absolute atomic E-state index is 12.5. The topological polar surface area (TPSA) is 70.4 Å². The molecule has 1 aromatic heterocycles. The van der Waals surface area contributed by atoms with Crippen molar-refractivity contribution < 1.29 is 9.90 Å². The van der Waals surface area contributed by atoms with Gasteiger partial charge in [-0.05, 0) is 30.0 Å². The molecule has 0 saturated carbocycles. The van der Waals surface area contributed by atoms with Crippen LogP contribution in [0.3, 0.4) is 0 Å². The maximum Gasteiger partial charge on any atom is 0.323 e. The summed E-state index contributed by atoms with van der Waals surface area (Å²) in [6.45, 7) is 3.24. The van der Waals surface area contributed by atoms with Gasteiger partial charge in [0.1, 0.15) is 5.82 Å². The Morgan fingerprint density at radius 3 is 2.83 bits per heavy atom. The average Bonchev–Trinajstić information content (AvgIpc) is 3.16. The number of rotatable bonds is 4. The number of likely N-dealkylation sites (tertiary alicyclic amines) is 1. The molecule has 1 aliphatic rings. The Balaban J connectivity index is 1.69. The molecule has 24 heavy (non-hydrogen) atoms. The van der Waals surface area contributed by atoms with E-state index >= 15 is 0 Å². The molecule has 2 heterocycles. The first-order valence-electron chi connectivity index (χ1n) is 8.03. The van der Waals surface area contributed by atoms with Gasteiger partial charge in [-0.1, -0.05) is 30.7 Å². The van der Waals surface area contributed by atoms with E-state index in [0.717, 1.165) is 12.0 Å². The van der Waals surface area contributed by atoms with Gasteiger partial charge in [0.25, 0.3) is 0 Å². The molecule has 0 radical (unpaired) electrons. The van der Waals surface area contributed by atoms with Crippen molar-refractivity contribution in [2.24, 2.45) is 5.92 Å². The summed E-state index contributed by atoms with van der Waals surface area (Å²) in [5, 5.41) is 17.4. The quantitative estimate of drug-likeness (QED) is 0.892. The predicted molar refractivity (Wildman–Crippen MR) is 93.2 cm³/mol. The van der Waals surface area contributed by atoms with Crippen LogP contribution in [0.5, 0.6) is 0 Å². The molecule has 1 aliphatic heterocycles. The summed E-state index contributed by atoms with van der Waals surface area (Å²) < 4.78 is 1.73. The smallest absolute Gasteiger partial charge is 0.323 e. The van der Waals surface area contributed by atoms with Crippen molar-refractivity contribution in [3.05, 3.63) is 47.1 Å². The molecule has 1 saturated heterocycles. The van der Waals surface area contributed by atoms with Gasteiger partial charge in [0, 0.05) is 17.6 Å². The first-order chi connectivity index (χ1) is 11.6. The molecule has 7 heteroatoms. The average molecular weight is 349 g/mol. The molecule has 0 spiro atoms. The lowest BCUT2D eigenvalue weighted by Crippen LogP contribution is -2.42. The summed E-state index contributed by atoms with van der Waals surface area (Å²) in [7, 11) is 0. The summed E-state index contributed by atoms with van der Waals surface area (Å²) in [6, 6.07) is 8.96. The van der Waals surface area contributed by atoms with Crippen LogP contribution >= 0.6 is 11.6 Å². The van der Waals surface area contributed by atoms with Gasteiger partial charge in [-0.15, -0.1) is 0 Å². The second-order valence-electron chi connectivity index (χ2n) is 6.14. The highest BCUT2D eigenvalue weighted by Gasteiger charge is 2.34. The molecular weight excluding hydrogens is 328 g/mol. The first kappa shape index (κ1) is 16.8. The minimum atomic E-state index is -0.198. The van der Waals surface area contributed by atoms with Gasteiger partial charge < -0.3 is 10.0 Å². The number of carbonyl (C=O) groups is 1. The molecule has 1 fully saturated rings. The second kappa shape index (κ2) is 7.23. The van der Waals surface area contributed by atoms with Gasteiger partial charge in [-0.25, -0.2) is 9.48 Å². The Labute approximate surface area is 146 Å². The lowest BCUT2D eigenvalue weighted by Gasteiger charge is -2.25. The number of benzene rings is 1. The molecule has 0 bridgehead atoms. The predicted octanol–water partition coefficient (Wildman–Crippen LogP) is 2.82. The second-order valence-corrected chi connectivity index (χ2v) is 6.58. The normalized spacial score (nSPS) is 20.4. The molecule has 2 aromatic rings. The monoisotopic (exact) mass is 348 g/mol. The number of nitrogens with zero attached hydrogens (tertiary/aromatic N) is 3. The SMILES string of the molecule is C[C@H]1CCN(C(=O)Nc2ccnn2Cc2ccc(Cl)cc2)[C@@H]1CO. The van der Waals surface area contributed by atoms with Gasteiger partial charge in [-0.2, -0.15) is 5.10 Å². The molecule has 128 valence electrons. The number of halogens is 1. The van der Waals surface area contributed by atoms with Crippen LogP contribution in [0.1, 0.15) is 18.9 Å². The van der Waals surface area contributed by atoms with Crippen molar-refractivity contribution >= 4 is 23.4 Å². The summed E-state index contributed by atoms with van der Waals surface area (Å²) in [5.41, 5.74) is 1.04. The molecule has 2 amide bonds. The lowest BCUT2D eigenvalue weighted by molar-refractivity contribution is 0.152. The Bertz CT molecular complexity index is 701. The van der Waals surface area contributed by atoms with E-state index in [9.17, 15) is 9.90 Å². The van der Waals surface area contributed by atoms with E-state index in [1.165, 1.54) is 0 Å². The number of carbonyl (C=O) groups excluding carboxylic acids is 1. The highest BCUT2D eigenvalue weighted by atomic mass is 35.5. The number of aliphatic hydroxyl groups excluding tert-OH is 1. The third-order valence-corrected chi connectivity index (χ3v) is 4.78. The number of hydrogen-bond acceptors (Lipinski definition) is 3. The van der Waals surface area contributed by atoms with Crippen molar-refractivity contribution in [1.29, 1.82) is 0 Å². The van der Waals surface area contributed by atoms with Crippen LogP contribution in [-0.4, -0.2) is 45.0 Å². The fourth-order valence-corrected chi connectivity index (χ4v) is 3.17. The third kappa shape index (κ3) is 3.55. The summed E-state index contributed by atoms with van der Waals surface area (Å²) in [4.78, 5) is 14.2. The molecule has 2 N–H and O–H groups in total. The Kier molecular flexibility index (Phi) is 5.06. The van der Waals surface area contributed by atoms with E-state index in [-0.39, 0.29) is 18.7 Å². The van der Waals surface area contributed by atoms with Gasteiger partial charge in [0.15, 0.2) is 0 Å². The molecular formula is C17H21ClN4O2. The summed E-state index contributed by atoms with van der Waals surface area (Å²) in [6.07, 6.45) is 2.56. The Morgan fingerprint density at radius 1 is 1.38 bits per heavy atom. The highest BCUT2D eigenvalue weighted by molar-refractivity contribution is 6.30. The van der Waals surface area contributed by atoms with Crippen LogP contribution in [0.4, 0.5) is 10.6 Å².